The predicted octanol–water partition coefficient (Wildman–Crippen LogP) is -1.17. The molecule has 0 saturated heterocycles. The summed E-state index contributed by atoms with van der Waals surface area (Å²) in [4.78, 5) is 14.8. The topological polar surface area (TPSA) is 114 Å². The summed E-state index contributed by atoms with van der Waals surface area (Å²) in [5, 5.41) is 6.22. The van der Waals surface area contributed by atoms with Crippen molar-refractivity contribution in [3.8, 4) is 0 Å². The van der Waals surface area contributed by atoms with E-state index in [2.05, 4.69) is 24.6 Å². The van der Waals surface area contributed by atoms with Gasteiger partial charge in [0.15, 0.2) is 5.75 Å². The number of hydrogen-bond acceptors (Lipinski definition) is 6. The number of carbonyl (C=O) groups excluding carboxylic acids is 1. The molecule has 0 atom stereocenters. The molecule has 0 unspecified atom stereocenters. The molecule has 0 saturated carbocycles. The molecule has 0 aliphatic rings. The number of rotatable bonds is 7. The van der Waals surface area contributed by atoms with Crippen molar-refractivity contribution >= 4 is 16.0 Å². The van der Waals surface area contributed by atoms with E-state index < -0.39 is 21.7 Å². The molecule has 96 valence electrons. The molecule has 1 aromatic heterocycles. The van der Waals surface area contributed by atoms with Crippen molar-refractivity contribution in [3.05, 3.63) is 12.2 Å². The van der Waals surface area contributed by atoms with Crippen LogP contribution in [0.2, 0.25) is 0 Å². The highest BCUT2D eigenvalue weighted by atomic mass is 32.2. The summed E-state index contributed by atoms with van der Waals surface area (Å²) in [6.07, 6.45) is 1.71. The predicted molar refractivity (Wildman–Crippen MR) is 58.5 cm³/mol. The smallest absolute Gasteiger partial charge is 0.322 e. The van der Waals surface area contributed by atoms with Crippen LogP contribution in [0.3, 0.4) is 0 Å². The number of aromatic nitrogens is 3. The van der Waals surface area contributed by atoms with Crippen LogP contribution in [0.25, 0.3) is 0 Å². The fourth-order valence-electron chi connectivity index (χ4n) is 1.09. The lowest BCUT2D eigenvalue weighted by molar-refractivity contribution is -0.139. The van der Waals surface area contributed by atoms with Gasteiger partial charge in [0, 0.05) is 13.0 Å². The molecule has 0 aliphatic heterocycles. The molecule has 9 heteroatoms. The van der Waals surface area contributed by atoms with Crippen molar-refractivity contribution in [3.63, 3.8) is 0 Å². The van der Waals surface area contributed by atoms with E-state index in [-0.39, 0.29) is 13.2 Å². The maximum absolute atomic E-state index is 11.4. The van der Waals surface area contributed by atoms with Gasteiger partial charge in [0.05, 0.1) is 6.61 Å². The minimum atomic E-state index is -3.64. The maximum atomic E-state index is 11.4. The van der Waals surface area contributed by atoms with Crippen LogP contribution >= 0.6 is 0 Å². The summed E-state index contributed by atoms with van der Waals surface area (Å²) in [7, 11) is -3.64. The Balaban J connectivity index is 2.32. The molecule has 0 spiro atoms. The lowest BCUT2D eigenvalue weighted by Crippen LogP contribution is -2.32. The Labute approximate surface area is 98.8 Å². The number of carbonyl (C=O) groups is 1. The summed E-state index contributed by atoms with van der Waals surface area (Å²) in [6.45, 7) is 1.92. The average Bonchev–Trinajstić information content (AvgIpc) is 2.69. The van der Waals surface area contributed by atoms with Crippen LogP contribution in [-0.4, -0.2) is 48.5 Å². The van der Waals surface area contributed by atoms with E-state index in [0.717, 1.165) is 0 Å². The fourth-order valence-corrected chi connectivity index (χ4v) is 1.99. The molecule has 17 heavy (non-hydrogen) atoms. The van der Waals surface area contributed by atoms with Crippen molar-refractivity contribution in [2.75, 3.05) is 18.9 Å². The molecule has 1 aromatic rings. The number of hydrogen-bond donors (Lipinski definition) is 2. The summed E-state index contributed by atoms with van der Waals surface area (Å²) in [6, 6.07) is 0. The van der Waals surface area contributed by atoms with E-state index in [1.807, 2.05) is 0 Å². The number of H-pyrrole nitrogens is 1. The van der Waals surface area contributed by atoms with Crippen LogP contribution in [0.4, 0.5) is 0 Å². The molecular formula is C8H14N4O4S. The van der Waals surface area contributed by atoms with Gasteiger partial charge in [-0.2, -0.15) is 5.10 Å². The zero-order valence-corrected chi connectivity index (χ0v) is 10.2. The molecular weight excluding hydrogens is 248 g/mol. The Morgan fingerprint density at radius 1 is 1.59 bits per heavy atom. The lowest BCUT2D eigenvalue weighted by atomic mass is 10.4. The van der Waals surface area contributed by atoms with Crippen LogP contribution < -0.4 is 4.72 Å². The summed E-state index contributed by atoms with van der Waals surface area (Å²) < 4.78 is 29.6. The number of sulfonamides is 1. The largest absolute Gasteiger partial charge is 0.465 e. The molecule has 2 N–H and O–H groups in total. The van der Waals surface area contributed by atoms with Gasteiger partial charge in [-0.1, -0.05) is 0 Å². The maximum Gasteiger partial charge on any atom is 0.322 e. The molecule has 0 aromatic carbocycles. The third kappa shape index (κ3) is 5.41. The normalized spacial score (nSPS) is 11.4. The molecule has 8 nitrogen and oxygen atoms in total. The van der Waals surface area contributed by atoms with Gasteiger partial charge >= 0.3 is 5.97 Å². The highest BCUT2D eigenvalue weighted by Crippen LogP contribution is 1.90. The van der Waals surface area contributed by atoms with Gasteiger partial charge in [-0.3, -0.25) is 9.89 Å². The number of aromatic amines is 1. The Hall–Kier alpha value is -1.48. The molecule has 1 heterocycles. The first-order chi connectivity index (χ1) is 8.03. The molecule has 1 rings (SSSR count). The van der Waals surface area contributed by atoms with E-state index in [9.17, 15) is 13.2 Å². The summed E-state index contributed by atoms with van der Waals surface area (Å²) in [5.41, 5.74) is 0. The van der Waals surface area contributed by atoms with Gasteiger partial charge in [0.2, 0.25) is 10.0 Å². The molecule has 0 bridgehead atoms. The summed E-state index contributed by atoms with van der Waals surface area (Å²) in [5.74, 6) is -0.861. The van der Waals surface area contributed by atoms with Crippen LogP contribution in [0, 0.1) is 0 Å². The van der Waals surface area contributed by atoms with Crippen molar-refractivity contribution in [2.45, 2.75) is 13.3 Å². The van der Waals surface area contributed by atoms with Crippen molar-refractivity contribution in [1.82, 2.24) is 19.9 Å². The first kappa shape index (κ1) is 13.6. The second-order valence-corrected chi connectivity index (χ2v) is 4.95. The molecule has 0 amide bonds. The molecule has 0 radical (unpaired) electrons. The van der Waals surface area contributed by atoms with E-state index in [1.54, 1.807) is 6.92 Å². The number of esters is 1. The highest BCUT2D eigenvalue weighted by molar-refractivity contribution is 7.90. The zero-order chi connectivity index (χ0) is 12.7. The van der Waals surface area contributed by atoms with Crippen LogP contribution in [0.5, 0.6) is 0 Å². The van der Waals surface area contributed by atoms with Crippen molar-refractivity contribution in [2.24, 2.45) is 0 Å². The van der Waals surface area contributed by atoms with Gasteiger partial charge < -0.3 is 4.74 Å². The minimum Gasteiger partial charge on any atom is -0.465 e. The number of nitrogens with zero attached hydrogens (tertiary/aromatic N) is 2. The second-order valence-electron chi connectivity index (χ2n) is 3.14. The van der Waals surface area contributed by atoms with Gasteiger partial charge in [-0.25, -0.2) is 18.1 Å². The van der Waals surface area contributed by atoms with E-state index in [4.69, 9.17) is 0 Å². The third-order valence-corrected chi connectivity index (χ3v) is 3.02. The van der Waals surface area contributed by atoms with Gasteiger partial charge in [0.25, 0.3) is 0 Å². The Morgan fingerprint density at radius 3 is 2.94 bits per heavy atom. The van der Waals surface area contributed by atoms with E-state index >= 15 is 0 Å². The third-order valence-electron chi connectivity index (χ3n) is 1.76. The average molecular weight is 262 g/mol. The van der Waals surface area contributed by atoms with Gasteiger partial charge in [-0.05, 0) is 6.92 Å². The first-order valence-corrected chi connectivity index (χ1v) is 6.66. The van der Waals surface area contributed by atoms with Gasteiger partial charge in [0.1, 0.15) is 12.2 Å². The van der Waals surface area contributed by atoms with Crippen molar-refractivity contribution in [1.29, 1.82) is 0 Å². The monoisotopic (exact) mass is 262 g/mol. The quantitative estimate of drug-likeness (QED) is 0.598. The van der Waals surface area contributed by atoms with E-state index in [1.165, 1.54) is 6.33 Å². The van der Waals surface area contributed by atoms with Crippen LogP contribution in [-0.2, 0) is 26.0 Å². The summed E-state index contributed by atoms with van der Waals surface area (Å²) >= 11 is 0. The number of ether oxygens (including phenoxy) is 1. The Kier molecular flexibility index (Phi) is 5.04. The first-order valence-electron chi connectivity index (χ1n) is 5.00. The van der Waals surface area contributed by atoms with E-state index in [0.29, 0.717) is 12.2 Å². The highest BCUT2D eigenvalue weighted by Gasteiger charge is 2.16. The number of nitrogens with one attached hydrogen (secondary N) is 2. The zero-order valence-electron chi connectivity index (χ0n) is 9.34. The SMILES string of the molecule is CCOC(=O)CS(=O)(=O)NCCc1ncn[nH]1. The van der Waals surface area contributed by atoms with Gasteiger partial charge in [-0.15, -0.1) is 0 Å². The second kappa shape index (κ2) is 6.30. The standard InChI is InChI=1S/C8H14N4O4S/c1-2-16-8(13)5-17(14,15)11-4-3-7-9-6-10-12-7/h6,11H,2-5H2,1H3,(H,9,10,12). The minimum absolute atomic E-state index is 0.150. The van der Waals surface area contributed by atoms with Crippen molar-refractivity contribution < 1.29 is 17.9 Å². The molecule has 0 aliphatic carbocycles. The Morgan fingerprint density at radius 2 is 2.35 bits per heavy atom. The fraction of sp³-hybridized carbons (Fsp3) is 0.625. The van der Waals surface area contributed by atoms with Crippen LogP contribution in [0.1, 0.15) is 12.7 Å². The Bertz CT molecular complexity index is 442. The van der Waals surface area contributed by atoms with Crippen LogP contribution in [0.15, 0.2) is 6.33 Å². The molecule has 0 fully saturated rings. The lowest BCUT2D eigenvalue weighted by Gasteiger charge is -2.05.